The Kier molecular flexibility index (Phi) is 3.20. The van der Waals surface area contributed by atoms with Gasteiger partial charge in [-0.1, -0.05) is 24.3 Å². The van der Waals surface area contributed by atoms with Crippen molar-refractivity contribution in [3.05, 3.63) is 47.0 Å². The van der Waals surface area contributed by atoms with E-state index in [9.17, 15) is 9.59 Å². The van der Waals surface area contributed by atoms with E-state index in [0.717, 1.165) is 0 Å². The third-order valence-electron chi connectivity index (χ3n) is 2.61. The monoisotopic (exact) mass is 230 g/mol. The molecule has 2 rings (SSSR count). The number of Topliss-reactive ketones (excluding diaryl/α,β-unsaturated/α-hetero) is 1. The summed E-state index contributed by atoms with van der Waals surface area (Å²) in [6, 6.07) is 6.87. The van der Waals surface area contributed by atoms with Crippen LogP contribution in [0.2, 0.25) is 0 Å². The van der Waals surface area contributed by atoms with Gasteiger partial charge in [-0.05, 0) is 19.9 Å². The van der Waals surface area contributed by atoms with E-state index in [0.29, 0.717) is 16.7 Å². The highest BCUT2D eigenvalue weighted by Crippen LogP contribution is 2.21. The molecular weight excluding hydrogens is 216 g/mol. The fourth-order valence-corrected chi connectivity index (χ4v) is 1.73. The molecule has 0 aliphatic heterocycles. The van der Waals surface area contributed by atoms with Gasteiger partial charge in [-0.25, -0.2) is 0 Å². The van der Waals surface area contributed by atoms with Crippen molar-refractivity contribution in [2.24, 2.45) is 0 Å². The van der Waals surface area contributed by atoms with Crippen molar-refractivity contribution < 1.29 is 14.3 Å². The van der Waals surface area contributed by atoms with E-state index in [2.05, 4.69) is 0 Å². The first kappa shape index (κ1) is 11.7. The number of rotatable bonds is 3. The molecule has 0 saturated carbocycles. The summed E-state index contributed by atoms with van der Waals surface area (Å²) in [4.78, 5) is 23.9. The smallest absolute Gasteiger partial charge is 0.192 e. The Hall–Kier alpha value is -1.74. The number of allylic oxidation sites excluding steroid dienone is 1. The van der Waals surface area contributed by atoms with Gasteiger partial charge >= 0.3 is 0 Å². The van der Waals surface area contributed by atoms with Gasteiger partial charge in [0.1, 0.15) is 0 Å². The predicted octanol–water partition coefficient (Wildman–Crippen LogP) is 2.42. The first-order chi connectivity index (χ1) is 8.09. The Morgan fingerprint density at radius 3 is 2.41 bits per heavy atom. The van der Waals surface area contributed by atoms with Gasteiger partial charge < -0.3 is 4.74 Å². The maximum atomic E-state index is 12.1. The standard InChI is InChI=1S/C14H14O3/c1-9(2)17-8-10-7-13(15)11-5-3-4-6-12(11)14(10)16/h3-7,9H,8H2,1-2H3. The molecule has 0 fully saturated rings. The largest absolute Gasteiger partial charge is 0.374 e. The average molecular weight is 230 g/mol. The van der Waals surface area contributed by atoms with E-state index >= 15 is 0 Å². The highest BCUT2D eigenvalue weighted by Gasteiger charge is 2.24. The van der Waals surface area contributed by atoms with Crippen molar-refractivity contribution in [3.8, 4) is 0 Å². The Morgan fingerprint density at radius 2 is 1.76 bits per heavy atom. The topological polar surface area (TPSA) is 43.4 Å². The number of carbonyl (C=O) groups is 2. The van der Waals surface area contributed by atoms with Crippen molar-refractivity contribution in [3.63, 3.8) is 0 Å². The molecule has 3 heteroatoms. The number of ether oxygens (including phenoxy) is 1. The molecule has 3 nitrogen and oxygen atoms in total. The van der Waals surface area contributed by atoms with Gasteiger partial charge in [0.2, 0.25) is 0 Å². The van der Waals surface area contributed by atoms with Crippen LogP contribution in [0.25, 0.3) is 0 Å². The molecule has 0 amide bonds. The normalized spacial score (nSPS) is 14.9. The molecule has 0 atom stereocenters. The second-order valence-corrected chi connectivity index (χ2v) is 4.27. The zero-order valence-corrected chi connectivity index (χ0v) is 9.90. The summed E-state index contributed by atoms with van der Waals surface area (Å²) in [5.74, 6) is -0.233. The summed E-state index contributed by atoms with van der Waals surface area (Å²) < 4.78 is 5.37. The quantitative estimate of drug-likeness (QED) is 0.800. The Morgan fingerprint density at radius 1 is 1.12 bits per heavy atom. The maximum Gasteiger partial charge on any atom is 0.192 e. The molecule has 0 saturated heterocycles. The molecule has 1 aliphatic carbocycles. The molecule has 1 aromatic carbocycles. The zero-order chi connectivity index (χ0) is 12.4. The van der Waals surface area contributed by atoms with E-state index in [1.807, 2.05) is 13.8 Å². The van der Waals surface area contributed by atoms with Crippen LogP contribution in [0.5, 0.6) is 0 Å². The summed E-state index contributed by atoms with van der Waals surface area (Å²) in [7, 11) is 0. The van der Waals surface area contributed by atoms with Crippen molar-refractivity contribution in [2.45, 2.75) is 20.0 Å². The van der Waals surface area contributed by atoms with Crippen LogP contribution in [0.15, 0.2) is 35.9 Å². The Labute approximate surface area is 100 Å². The van der Waals surface area contributed by atoms with Crippen LogP contribution in [0.4, 0.5) is 0 Å². The number of benzene rings is 1. The van der Waals surface area contributed by atoms with Crippen molar-refractivity contribution in [1.29, 1.82) is 0 Å². The predicted molar refractivity (Wildman–Crippen MR) is 64.3 cm³/mol. The van der Waals surface area contributed by atoms with Crippen LogP contribution >= 0.6 is 0 Å². The lowest BCUT2D eigenvalue weighted by molar-refractivity contribution is 0.0831. The zero-order valence-electron chi connectivity index (χ0n) is 9.90. The fraction of sp³-hybridized carbons (Fsp3) is 0.286. The lowest BCUT2D eigenvalue weighted by atomic mass is 9.90. The fourth-order valence-electron chi connectivity index (χ4n) is 1.73. The highest BCUT2D eigenvalue weighted by molar-refractivity contribution is 6.24. The average Bonchev–Trinajstić information content (AvgIpc) is 2.32. The van der Waals surface area contributed by atoms with Crippen LogP contribution in [-0.4, -0.2) is 24.3 Å². The minimum Gasteiger partial charge on any atom is -0.374 e. The molecule has 0 unspecified atom stereocenters. The second-order valence-electron chi connectivity index (χ2n) is 4.27. The number of hydrogen-bond acceptors (Lipinski definition) is 3. The Balaban J connectivity index is 2.29. The minimum atomic E-state index is -0.123. The third-order valence-corrected chi connectivity index (χ3v) is 2.61. The molecule has 0 aromatic heterocycles. The highest BCUT2D eigenvalue weighted by atomic mass is 16.5. The van der Waals surface area contributed by atoms with E-state index in [1.54, 1.807) is 24.3 Å². The number of fused-ring (bicyclic) bond motifs is 1. The molecule has 0 radical (unpaired) electrons. The van der Waals surface area contributed by atoms with Crippen LogP contribution < -0.4 is 0 Å². The number of hydrogen-bond donors (Lipinski definition) is 0. The Bertz CT molecular complexity index is 498. The van der Waals surface area contributed by atoms with Gasteiger partial charge in [-0.15, -0.1) is 0 Å². The minimum absolute atomic E-state index is 0.0379. The number of ketones is 2. The van der Waals surface area contributed by atoms with Crippen LogP contribution in [-0.2, 0) is 4.74 Å². The summed E-state index contributed by atoms with van der Waals surface area (Å²) in [5.41, 5.74) is 1.38. The van der Waals surface area contributed by atoms with Gasteiger partial charge in [0.05, 0.1) is 12.7 Å². The first-order valence-electron chi connectivity index (χ1n) is 5.60. The van der Waals surface area contributed by atoms with E-state index < -0.39 is 0 Å². The van der Waals surface area contributed by atoms with E-state index in [-0.39, 0.29) is 24.3 Å². The first-order valence-corrected chi connectivity index (χ1v) is 5.60. The van der Waals surface area contributed by atoms with Crippen LogP contribution in [0.3, 0.4) is 0 Å². The van der Waals surface area contributed by atoms with Gasteiger partial charge in [0.15, 0.2) is 11.6 Å². The van der Waals surface area contributed by atoms with Crippen molar-refractivity contribution >= 4 is 11.6 Å². The van der Waals surface area contributed by atoms with E-state index in [1.165, 1.54) is 6.08 Å². The molecule has 0 N–H and O–H groups in total. The molecule has 0 spiro atoms. The van der Waals surface area contributed by atoms with E-state index in [4.69, 9.17) is 4.74 Å². The summed E-state index contributed by atoms with van der Waals surface area (Å²) >= 11 is 0. The van der Waals surface area contributed by atoms with Crippen molar-refractivity contribution in [2.75, 3.05) is 6.61 Å². The molecule has 17 heavy (non-hydrogen) atoms. The SMILES string of the molecule is CC(C)OCC1=CC(=O)c2ccccc2C1=O. The molecule has 0 bridgehead atoms. The lowest BCUT2D eigenvalue weighted by Gasteiger charge is -2.16. The van der Waals surface area contributed by atoms with Gasteiger partial charge in [0.25, 0.3) is 0 Å². The summed E-state index contributed by atoms with van der Waals surface area (Å²) in [5, 5.41) is 0. The third kappa shape index (κ3) is 2.34. The van der Waals surface area contributed by atoms with Crippen LogP contribution in [0.1, 0.15) is 34.6 Å². The lowest BCUT2D eigenvalue weighted by Crippen LogP contribution is -2.21. The molecular formula is C14H14O3. The maximum absolute atomic E-state index is 12.1. The number of carbonyl (C=O) groups excluding carboxylic acids is 2. The van der Waals surface area contributed by atoms with Gasteiger partial charge in [-0.2, -0.15) is 0 Å². The van der Waals surface area contributed by atoms with Gasteiger partial charge in [-0.3, -0.25) is 9.59 Å². The second kappa shape index (κ2) is 4.63. The molecule has 88 valence electrons. The summed E-state index contributed by atoms with van der Waals surface area (Å²) in [6.07, 6.45) is 1.42. The molecule has 1 aliphatic rings. The molecule has 1 aromatic rings. The van der Waals surface area contributed by atoms with Crippen LogP contribution in [0, 0.1) is 0 Å². The van der Waals surface area contributed by atoms with Crippen molar-refractivity contribution in [1.82, 2.24) is 0 Å². The summed E-state index contributed by atoms with van der Waals surface area (Å²) in [6.45, 7) is 3.98. The van der Waals surface area contributed by atoms with Gasteiger partial charge in [0, 0.05) is 16.7 Å². The molecule has 0 heterocycles.